The molecule has 1 aliphatic rings. The third kappa shape index (κ3) is 6.57. The van der Waals surface area contributed by atoms with Gasteiger partial charge in [0.25, 0.3) is 12.4 Å². The van der Waals surface area contributed by atoms with E-state index in [0.29, 0.717) is 30.8 Å². The van der Waals surface area contributed by atoms with E-state index in [1.807, 2.05) is 12.3 Å². The molecule has 1 aliphatic carbocycles. The Labute approximate surface area is 171 Å². The fraction of sp³-hybridized carbons (Fsp3) is 0.444. The van der Waals surface area contributed by atoms with Gasteiger partial charge in [-0.1, -0.05) is 0 Å². The van der Waals surface area contributed by atoms with Gasteiger partial charge in [0.2, 0.25) is 5.91 Å². The topological polar surface area (TPSA) is 154 Å². The standard InChI is InChI=1S/C17H21N5O3S.CH2O2/c1-9-18-5-12(6-19-9)17(25)22-14-3-11(4-15(14)23)16(24)20-7-13-8-26-10(2)21-13;2-1-3/h5-6,8,11,14-15,23H,3-4,7H2,1-2H3,(H,20,24)(H,22,25);1H,(H,2,3)/t11-,14+,15+;/m0./s1. The molecular weight excluding hydrogens is 398 g/mol. The molecule has 4 N–H and O–H groups in total. The molecule has 10 nitrogen and oxygen atoms in total. The molecule has 156 valence electrons. The lowest BCUT2D eigenvalue weighted by molar-refractivity contribution is -0.125. The molecule has 0 bridgehead atoms. The van der Waals surface area contributed by atoms with E-state index < -0.39 is 12.1 Å². The van der Waals surface area contributed by atoms with E-state index in [-0.39, 0.29) is 24.2 Å². The molecule has 2 heterocycles. The van der Waals surface area contributed by atoms with E-state index in [1.54, 1.807) is 6.92 Å². The second-order valence-electron chi connectivity index (χ2n) is 6.52. The van der Waals surface area contributed by atoms with Gasteiger partial charge in [-0.2, -0.15) is 0 Å². The van der Waals surface area contributed by atoms with Gasteiger partial charge in [-0.15, -0.1) is 11.3 Å². The van der Waals surface area contributed by atoms with Gasteiger partial charge >= 0.3 is 0 Å². The van der Waals surface area contributed by atoms with Crippen LogP contribution in [0.4, 0.5) is 0 Å². The van der Waals surface area contributed by atoms with Gasteiger partial charge in [-0.25, -0.2) is 15.0 Å². The molecule has 2 amide bonds. The van der Waals surface area contributed by atoms with Crippen LogP contribution in [0.2, 0.25) is 0 Å². The molecule has 2 aromatic heterocycles. The van der Waals surface area contributed by atoms with Crippen molar-refractivity contribution in [3.63, 3.8) is 0 Å². The molecule has 3 atom stereocenters. The number of aryl methyl sites for hydroxylation is 2. The second kappa shape index (κ2) is 10.6. The maximum absolute atomic E-state index is 12.3. The van der Waals surface area contributed by atoms with E-state index in [1.165, 1.54) is 23.7 Å². The number of hydrogen-bond acceptors (Lipinski definition) is 8. The van der Waals surface area contributed by atoms with Crippen LogP contribution in [0.3, 0.4) is 0 Å². The predicted octanol–water partition coefficient (Wildman–Crippen LogP) is 0.436. The summed E-state index contributed by atoms with van der Waals surface area (Å²) in [6, 6.07) is -0.471. The number of carboxylic acid groups (broad SMARTS) is 1. The van der Waals surface area contributed by atoms with E-state index in [2.05, 4.69) is 25.6 Å². The van der Waals surface area contributed by atoms with Gasteiger partial charge in [-0.05, 0) is 26.7 Å². The molecule has 0 saturated heterocycles. The highest BCUT2D eigenvalue weighted by atomic mass is 32.1. The number of nitrogens with one attached hydrogen (secondary N) is 2. The van der Waals surface area contributed by atoms with Gasteiger partial charge in [0.1, 0.15) is 5.82 Å². The quantitative estimate of drug-likeness (QED) is 0.507. The van der Waals surface area contributed by atoms with Crippen LogP contribution in [0.15, 0.2) is 17.8 Å². The van der Waals surface area contributed by atoms with E-state index in [9.17, 15) is 14.7 Å². The highest BCUT2D eigenvalue weighted by Crippen LogP contribution is 2.26. The molecule has 0 aliphatic heterocycles. The van der Waals surface area contributed by atoms with Crippen molar-refractivity contribution in [1.82, 2.24) is 25.6 Å². The minimum atomic E-state index is -0.761. The zero-order valence-corrected chi connectivity index (χ0v) is 16.8. The van der Waals surface area contributed by atoms with E-state index in [4.69, 9.17) is 9.90 Å². The SMILES string of the molecule is Cc1ncc(C(=O)N[C@@H]2C[C@H](C(=O)NCc3csc(C)n3)C[C@H]2O)cn1.O=CO. The molecule has 1 saturated carbocycles. The van der Waals surface area contributed by atoms with Gasteiger partial charge in [-0.3, -0.25) is 14.4 Å². The second-order valence-corrected chi connectivity index (χ2v) is 7.58. The maximum Gasteiger partial charge on any atom is 0.290 e. The lowest BCUT2D eigenvalue weighted by Gasteiger charge is -2.16. The minimum Gasteiger partial charge on any atom is -0.483 e. The minimum absolute atomic E-state index is 0.134. The molecule has 0 spiro atoms. The van der Waals surface area contributed by atoms with Crippen molar-refractivity contribution in [2.45, 2.75) is 45.4 Å². The summed E-state index contributed by atoms with van der Waals surface area (Å²) in [4.78, 5) is 45.2. The first-order chi connectivity index (χ1) is 13.8. The summed E-state index contributed by atoms with van der Waals surface area (Å²) in [5.41, 5.74) is 1.15. The monoisotopic (exact) mass is 421 g/mol. The number of amides is 2. The predicted molar refractivity (Wildman–Crippen MR) is 104 cm³/mol. The van der Waals surface area contributed by atoms with Crippen molar-refractivity contribution in [3.05, 3.63) is 39.9 Å². The molecule has 0 unspecified atom stereocenters. The van der Waals surface area contributed by atoms with Crippen molar-refractivity contribution in [3.8, 4) is 0 Å². The number of aliphatic hydroxyl groups is 1. The van der Waals surface area contributed by atoms with Crippen LogP contribution in [0.25, 0.3) is 0 Å². The van der Waals surface area contributed by atoms with Crippen LogP contribution in [0.1, 0.15) is 39.7 Å². The number of thiazole rings is 1. The van der Waals surface area contributed by atoms with E-state index >= 15 is 0 Å². The zero-order valence-electron chi connectivity index (χ0n) is 16.0. The maximum atomic E-state index is 12.3. The van der Waals surface area contributed by atoms with Crippen LogP contribution < -0.4 is 10.6 Å². The number of aromatic nitrogens is 3. The van der Waals surface area contributed by atoms with E-state index in [0.717, 1.165) is 10.7 Å². The van der Waals surface area contributed by atoms with Gasteiger partial charge in [0.15, 0.2) is 0 Å². The molecule has 0 radical (unpaired) electrons. The van der Waals surface area contributed by atoms with Crippen LogP contribution in [-0.2, 0) is 16.1 Å². The third-order valence-corrected chi connectivity index (χ3v) is 5.19. The summed E-state index contributed by atoms with van der Waals surface area (Å²) in [6.45, 7) is 3.77. The molecule has 29 heavy (non-hydrogen) atoms. The summed E-state index contributed by atoms with van der Waals surface area (Å²) >= 11 is 1.53. The van der Waals surface area contributed by atoms with Gasteiger partial charge < -0.3 is 20.8 Å². The summed E-state index contributed by atoms with van der Waals surface area (Å²) in [7, 11) is 0. The zero-order chi connectivity index (χ0) is 21.4. The largest absolute Gasteiger partial charge is 0.483 e. The van der Waals surface area contributed by atoms with Gasteiger partial charge in [0.05, 0.1) is 35.0 Å². The average molecular weight is 421 g/mol. The average Bonchev–Trinajstić information content (AvgIpc) is 3.26. The first-order valence-corrected chi connectivity index (χ1v) is 9.76. The lowest BCUT2D eigenvalue weighted by Crippen LogP contribution is -2.40. The molecule has 2 aromatic rings. The Morgan fingerprint density at radius 3 is 2.52 bits per heavy atom. The summed E-state index contributed by atoms with van der Waals surface area (Å²) < 4.78 is 0. The van der Waals surface area contributed by atoms with Crippen molar-refractivity contribution in [2.75, 3.05) is 0 Å². The Hall–Kier alpha value is -2.92. The summed E-state index contributed by atoms with van der Waals surface area (Å²) in [5, 5.41) is 25.6. The third-order valence-electron chi connectivity index (χ3n) is 4.37. The lowest BCUT2D eigenvalue weighted by atomic mass is 10.1. The van der Waals surface area contributed by atoms with Crippen molar-refractivity contribution >= 4 is 29.6 Å². The fourth-order valence-electron chi connectivity index (χ4n) is 2.96. The number of aliphatic hydroxyl groups excluding tert-OH is 1. The van der Waals surface area contributed by atoms with Gasteiger partial charge in [0, 0.05) is 23.7 Å². The molecule has 11 heteroatoms. The number of rotatable bonds is 5. The highest BCUT2D eigenvalue weighted by Gasteiger charge is 2.37. The Morgan fingerprint density at radius 2 is 1.93 bits per heavy atom. The number of carbonyl (C=O) groups is 3. The number of nitrogens with zero attached hydrogens (tertiary/aromatic N) is 3. The van der Waals surface area contributed by atoms with Crippen LogP contribution in [0, 0.1) is 19.8 Å². The van der Waals surface area contributed by atoms with Crippen LogP contribution in [0.5, 0.6) is 0 Å². The normalized spacial score (nSPS) is 20.3. The molecule has 3 rings (SSSR count). The Morgan fingerprint density at radius 1 is 1.28 bits per heavy atom. The molecule has 1 fully saturated rings. The Bertz CT molecular complexity index is 841. The first kappa shape index (κ1) is 22.4. The first-order valence-electron chi connectivity index (χ1n) is 8.88. The fourth-order valence-corrected chi connectivity index (χ4v) is 3.57. The van der Waals surface area contributed by atoms with Crippen LogP contribution in [-0.4, -0.2) is 55.6 Å². The molecule has 0 aromatic carbocycles. The van der Waals surface area contributed by atoms with Crippen molar-refractivity contribution in [1.29, 1.82) is 0 Å². The summed E-state index contributed by atoms with van der Waals surface area (Å²) in [6.07, 6.45) is 2.83. The number of carbonyl (C=O) groups excluding carboxylic acids is 2. The van der Waals surface area contributed by atoms with Crippen molar-refractivity contribution < 1.29 is 24.6 Å². The summed E-state index contributed by atoms with van der Waals surface area (Å²) in [5.74, 6) is -0.253. The Kier molecular flexibility index (Phi) is 8.16. The number of hydrogen-bond donors (Lipinski definition) is 4. The van der Waals surface area contributed by atoms with Crippen LogP contribution >= 0.6 is 11.3 Å². The van der Waals surface area contributed by atoms with Crippen molar-refractivity contribution in [2.24, 2.45) is 5.92 Å². The molecular formula is C18H23N5O5S. The Balaban J connectivity index is 0.000000941. The highest BCUT2D eigenvalue weighted by molar-refractivity contribution is 7.09. The smallest absolute Gasteiger partial charge is 0.290 e.